The molecule has 2 N–H and O–H groups in total. The predicted octanol–water partition coefficient (Wildman–Crippen LogP) is 1.60. The first-order valence-corrected chi connectivity index (χ1v) is 6.04. The molecule has 1 saturated heterocycles. The first-order valence-electron chi connectivity index (χ1n) is 5.63. The fraction of sp³-hybridized carbons (Fsp3) is 0.600. The lowest BCUT2D eigenvalue weighted by molar-refractivity contribution is -0.257. The van der Waals surface area contributed by atoms with Gasteiger partial charge in [0.05, 0.1) is 18.9 Å². The van der Waals surface area contributed by atoms with Gasteiger partial charge in [-0.25, -0.2) is 13.6 Å². The van der Waals surface area contributed by atoms with Crippen LogP contribution in [0.25, 0.3) is 0 Å². The third-order valence-corrected chi connectivity index (χ3v) is 3.39. The highest BCUT2D eigenvalue weighted by molar-refractivity contribution is 7.71. The van der Waals surface area contributed by atoms with Crippen LogP contribution in [0.1, 0.15) is 12.6 Å². The number of aromatic nitrogens is 2. The molecular weight excluding hydrogens is 323 g/mol. The summed E-state index contributed by atoms with van der Waals surface area (Å²) in [6.07, 6.45) is -10.2. The molecule has 5 nitrogen and oxygen atoms in total. The van der Waals surface area contributed by atoms with Crippen molar-refractivity contribution < 1.29 is 31.8 Å². The highest BCUT2D eigenvalue weighted by Gasteiger charge is 2.67. The van der Waals surface area contributed by atoms with E-state index in [1.54, 1.807) is 4.98 Å². The SMILES string of the molecule is O=c1[nH]c(=S)c(F)cn1[C@@H]1O[C@H](CO)C[C@]1(F)C(F)(F)F. The van der Waals surface area contributed by atoms with Crippen LogP contribution in [0.15, 0.2) is 11.0 Å². The van der Waals surface area contributed by atoms with E-state index >= 15 is 0 Å². The Bertz CT molecular complexity index is 657. The van der Waals surface area contributed by atoms with Crippen LogP contribution in [0.5, 0.6) is 0 Å². The van der Waals surface area contributed by atoms with Crippen LogP contribution in [0.4, 0.5) is 22.0 Å². The summed E-state index contributed by atoms with van der Waals surface area (Å²) < 4.78 is 70.6. The summed E-state index contributed by atoms with van der Waals surface area (Å²) >= 11 is 4.41. The van der Waals surface area contributed by atoms with Crippen molar-refractivity contribution in [2.45, 2.75) is 30.6 Å². The fourth-order valence-corrected chi connectivity index (χ4v) is 2.19. The van der Waals surface area contributed by atoms with E-state index in [1.165, 1.54) is 0 Å². The van der Waals surface area contributed by atoms with E-state index < -0.39 is 53.4 Å². The van der Waals surface area contributed by atoms with Gasteiger partial charge in [-0.15, -0.1) is 0 Å². The largest absolute Gasteiger partial charge is 0.427 e. The molecular formula is C10H9F5N2O3S. The van der Waals surface area contributed by atoms with Crippen molar-refractivity contribution in [2.75, 3.05) is 6.61 Å². The number of nitrogens with one attached hydrogen (secondary N) is 1. The Morgan fingerprint density at radius 3 is 2.71 bits per heavy atom. The molecule has 0 spiro atoms. The number of hydrogen-bond donors (Lipinski definition) is 2. The molecule has 0 amide bonds. The van der Waals surface area contributed by atoms with E-state index in [9.17, 15) is 26.7 Å². The van der Waals surface area contributed by atoms with Gasteiger partial charge in [0.1, 0.15) is 4.64 Å². The van der Waals surface area contributed by atoms with E-state index in [0.717, 1.165) is 0 Å². The van der Waals surface area contributed by atoms with Crippen molar-refractivity contribution in [3.63, 3.8) is 0 Å². The summed E-state index contributed by atoms with van der Waals surface area (Å²) in [4.78, 5) is 13.4. The zero-order valence-electron chi connectivity index (χ0n) is 10.2. The van der Waals surface area contributed by atoms with Crippen LogP contribution in [0.3, 0.4) is 0 Å². The normalized spacial score (nSPS) is 29.8. The van der Waals surface area contributed by atoms with Crippen molar-refractivity contribution in [3.05, 3.63) is 27.1 Å². The Hall–Kier alpha value is -1.33. The summed E-state index contributed by atoms with van der Waals surface area (Å²) in [5.74, 6) is -1.20. The Morgan fingerprint density at radius 1 is 1.57 bits per heavy atom. The van der Waals surface area contributed by atoms with Gasteiger partial charge in [-0.2, -0.15) is 13.2 Å². The molecule has 0 unspecified atom stereocenters. The maximum atomic E-state index is 14.3. The lowest BCUT2D eigenvalue weighted by Crippen LogP contribution is -2.48. The van der Waals surface area contributed by atoms with Gasteiger partial charge in [0.2, 0.25) is 0 Å². The maximum absolute atomic E-state index is 14.3. The standard InChI is InChI=1S/C10H9F5N2O3S/c11-5-2-17(8(19)16-6(5)21)7-9(12,10(13,14)15)1-4(3-18)20-7/h2,4,7,18H,1,3H2,(H,16,19,21)/t4-,7+,9+/m0/s1. The summed E-state index contributed by atoms with van der Waals surface area (Å²) in [7, 11) is 0. The second kappa shape index (κ2) is 5.14. The van der Waals surface area contributed by atoms with E-state index in [2.05, 4.69) is 12.2 Å². The van der Waals surface area contributed by atoms with E-state index in [4.69, 9.17) is 9.84 Å². The van der Waals surface area contributed by atoms with Gasteiger partial charge < -0.3 is 9.84 Å². The Kier molecular flexibility index (Phi) is 3.93. The number of H-pyrrole nitrogens is 1. The van der Waals surface area contributed by atoms with Crippen LogP contribution in [0.2, 0.25) is 0 Å². The zero-order valence-corrected chi connectivity index (χ0v) is 11.0. The lowest BCUT2D eigenvalue weighted by atomic mass is 9.99. The van der Waals surface area contributed by atoms with Gasteiger partial charge in [0.15, 0.2) is 12.0 Å². The summed E-state index contributed by atoms with van der Waals surface area (Å²) in [6.45, 7) is -0.877. The number of rotatable bonds is 2. The second-order valence-corrected chi connectivity index (χ2v) is 4.91. The van der Waals surface area contributed by atoms with Crippen molar-refractivity contribution in [2.24, 2.45) is 0 Å². The highest BCUT2D eigenvalue weighted by Crippen LogP contribution is 2.50. The molecule has 2 rings (SSSR count). The lowest BCUT2D eigenvalue weighted by Gasteiger charge is -2.28. The maximum Gasteiger partial charge on any atom is 0.427 e. The molecule has 1 aliphatic heterocycles. The third-order valence-electron chi connectivity index (χ3n) is 3.09. The van der Waals surface area contributed by atoms with Crippen molar-refractivity contribution in [1.82, 2.24) is 9.55 Å². The number of nitrogens with zero attached hydrogens (tertiary/aromatic N) is 1. The number of hydrogen-bond acceptors (Lipinski definition) is 4. The molecule has 1 aromatic rings. The third kappa shape index (κ3) is 2.60. The van der Waals surface area contributed by atoms with Crippen molar-refractivity contribution in [3.8, 4) is 0 Å². The molecule has 118 valence electrons. The number of halogens is 5. The molecule has 0 radical (unpaired) electrons. The van der Waals surface area contributed by atoms with E-state index in [0.29, 0.717) is 6.20 Å². The van der Waals surface area contributed by atoms with Crippen LogP contribution in [0, 0.1) is 10.5 Å². The smallest absolute Gasteiger partial charge is 0.394 e. The molecule has 0 aliphatic carbocycles. The van der Waals surface area contributed by atoms with Crippen LogP contribution in [-0.4, -0.2) is 39.2 Å². The van der Waals surface area contributed by atoms with Gasteiger partial charge in [-0.3, -0.25) is 9.55 Å². The summed E-state index contributed by atoms with van der Waals surface area (Å²) in [5, 5.41) is 8.85. The van der Waals surface area contributed by atoms with E-state index in [-0.39, 0.29) is 4.57 Å². The Labute approximate surface area is 119 Å². The minimum Gasteiger partial charge on any atom is -0.394 e. The molecule has 0 bridgehead atoms. The summed E-state index contributed by atoms with van der Waals surface area (Å²) in [5.41, 5.74) is -5.19. The number of ether oxygens (including phenoxy) is 1. The van der Waals surface area contributed by atoms with Gasteiger partial charge in [-0.05, 0) is 0 Å². The quantitative estimate of drug-likeness (QED) is 0.638. The van der Waals surface area contributed by atoms with Gasteiger partial charge in [-0.1, -0.05) is 12.2 Å². The molecule has 2 heterocycles. The molecule has 3 atom stereocenters. The number of aromatic amines is 1. The molecule has 21 heavy (non-hydrogen) atoms. The Balaban J connectivity index is 2.58. The highest BCUT2D eigenvalue weighted by atomic mass is 32.1. The average molecular weight is 332 g/mol. The Morgan fingerprint density at radius 2 is 2.19 bits per heavy atom. The average Bonchev–Trinajstić information content (AvgIpc) is 2.72. The molecule has 1 fully saturated rings. The molecule has 1 aliphatic rings. The topological polar surface area (TPSA) is 67.2 Å². The summed E-state index contributed by atoms with van der Waals surface area (Å²) in [6, 6.07) is 0. The minimum absolute atomic E-state index is 0.105. The van der Waals surface area contributed by atoms with Crippen molar-refractivity contribution in [1.29, 1.82) is 0 Å². The van der Waals surface area contributed by atoms with Gasteiger partial charge in [0.25, 0.3) is 5.67 Å². The van der Waals surface area contributed by atoms with Gasteiger partial charge >= 0.3 is 11.9 Å². The number of aliphatic hydroxyl groups excluding tert-OH is 1. The molecule has 0 aromatic carbocycles. The van der Waals surface area contributed by atoms with Crippen LogP contribution >= 0.6 is 12.2 Å². The van der Waals surface area contributed by atoms with Crippen LogP contribution < -0.4 is 5.69 Å². The number of aliphatic hydroxyl groups is 1. The molecule has 11 heteroatoms. The van der Waals surface area contributed by atoms with Crippen molar-refractivity contribution >= 4 is 12.2 Å². The molecule has 1 aromatic heterocycles. The first-order chi connectivity index (χ1) is 9.60. The zero-order chi connectivity index (χ0) is 16.0. The predicted molar refractivity (Wildman–Crippen MR) is 61.4 cm³/mol. The minimum atomic E-state index is -5.37. The van der Waals surface area contributed by atoms with E-state index in [1.807, 2.05) is 0 Å². The van der Waals surface area contributed by atoms with Crippen LogP contribution in [-0.2, 0) is 4.74 Å². The monoisotopic (exact) mass is 332 g/mol. The second-order valence-electron chi connectivity index (χ2n) is 4.50. The first kappa shape index (κ1) is 16.0. The van der Waals surface area contributed by atoms with Gasteiger partial charge in [0, 0.05) is 6.42 Å². The molecule has 0 saturated carbocycles. The fourth-order valence-electron chi connectivity index (χ4n) is 2.05. The number of alkyl halides is 4.